The Bertz CT molecular complexity index is 273. The van der Waals surface area contributed by atoms with Gasteiger partial charge in [0.15, 0.2) is 0 Å². The molecule has 19 heavy (non-hydrogen) atoms. The van der Waals surface area contributed by atoms with Gasteiger partial charge < -0.3 is 10.6 Å². The Morgan fingerprint density at radius 3 is 2.74 bits per heavy atom. The molecule has 1 unspecified atom stereocenters. The van der Waals surface area contributed by atoms with Crippen molar-refractivity contribution in [3.05, 3.63) is 0 Å². The van der Waals surface area contributed by atoms with Crippen molar-refractivity contribution in [3.63, 3.8) is 0 Å². The summed E-state index contributed by atoms with van der Waals surface area (Å²) in [7, 11) is 0. The van der Waals surface area contributed by atoms with Gasteiger partial charge in [-0.25, -0.2) is 0 Å². The third-order valence-electron chi connectivity index (χ3n) is 3.34. The molecule has 1 amide bonds. The summed E-state index contributed by atoms with van der Waals surface area (Å²) in [5, 5.41) is 6.53. The van der Waals surface area contributed by atoms with E-state index in [0.29, 0.717) is 12.5 Å². The minimum atomic E-state index is -0.130. The second-order valence-electron chi connectivity index (χ2n) is 6.75. The van der Waals surface area contributed by atoms with Crippen LogP contribution in [-0.2, 0) is 4.79 Å². The zero-order valence-corrected chi connectivity index (χ0v) is 13.1. The highest BCUT2D eigenvalue weighted by Crippen LogP contribution is 2.15. The average molecular weight is 269 g/mol. The molecule has 0 aliphatic carbocycles. The standard InChI is InChI=1S/C15H31N3O/c1-5-8-16-10-13-7-6-9-18(11-13)12-14(19)17-15(2,3)4/h13,16H,5-12H2,1-4H3,(H,17,19). The molecule has 1 rings (SSSR count). The minimum Gasteiger partial charge on any atom is -0.350 e. The van der Waals surface area contributed by atoms with E-state index in [4.69, 9.17) is 0 Å². The maximum atomic E-state index is 11.9. The topological polar surface area (TPSA) is 44.4 Å². The largest absolute Gasteiger partial charge is 0.350 e. The first-order chi connectivity index (χ1) is 8.90. The van der Waals surface area contributed by atoms with Crippen LogP contribution in [0.4, 0.5) is 0 Å². The third-order valence-corrected chi connectivity index (χ3v) is 3.34. The smallest absolute Gasteiger partial charge is 0.234 e. The lowest BCUT2D eigenvalue weighted by atomic mass is 9.98. The van der Waals surface area contributed by atoms with Crippen molar-refractivity contribution >= 4 is 5.91 Å². The predicted octanol–water partition coefficient (Wildman–Crippen LogP) is 1.61. The van der Waals surface area contributed by atoms with E-state index >= 15 is 0 Å². The number of amides is 1. The van der Waals surface area contributed by atoms with Crippen LogP contribution in [0.3, 0.4) is 0 Å². The maximum absolute atomic E-state index is 11.9. The van der Waals surface area contributed by atoms with Crippen LogP contribution in [0.2, 0.25) is 0 Å². The number of nitrogens with zero attached hydrogens (tertiary/aromatic N) is 1. The van der Waals surface area contributed by atoms with E-state index < -0.39 is 0 Å². The number of likely N-dealkylation sites (tertiary alicyclic amines) is 1. The summed E-state index contributed by atoms with van der Waals surface area (Å²) in [6.07, 6.45) is 3.68. The SMILES string of the molecule is CCCNCC1CCCN(CC(=O)NC(C)(C)C)C1. The fraction of sp³-hybridized carbons (Fsp3) is 0.933. The fourth-order valence-electron chi connectivity index (χ4n) is 2.61. The summed E-state index contributed by atoms with van der Waals surface area (Å²) in [6, 6.07) is 0. The summed E-state index contributed by atoms with van der Waals surface area (Å²) in [4.78, 5) is 14.2. The highest BCUT2D eigenvalue weighted by molar-refractivity contribution is 5.78. The predicted molar refractivity (Wildman–Crippen MR) is 80.2 cm³/mol. The Labute approximate surface area is 118 Å². The van der Waals surface area contributed by atoms with Gasteiger partial charge in [0, 0.05) is 12.1 Å². The normalized spacial score (nSPS) is 21.4. The van der Waals surface area contributed by atoms with E-state index in [1.165, 1.54) is 19.3 Å². The molecule has 0 aromatic carbocycles. The molecule has 1 aliphatic rings. The van der Waals surface area contributed by atoms with Gasteiger partial charge in [-0.05, 0) is 65.6 Å². The van der Waals surface area contributed by atoms with Crippen LogP contribution in [0.1, 0.15) is 47.0 Å². The average Bonchev–Trinajstić information content (AvgIpc) is 2.27. The minimum absolute atomic E-state index is 0.130. The number of nitrogens with one attached hydrogen (secondary N) is 2. The number of carbonyl (C=O) groups excluding carboxylic acids is 1. The Morgan fingerprint density at radius 2 is 2.11 bits per heavy atom. The zero-order valence-electron chi connectivity index (χ0n) is 13.1. The van der Waals surface area contributed by atoms with Crippen LogP contribution >= 0.6 is 0 Å². The number of carbonyl (C=O) groups is 1. The second-order valence-corrected chi connectivity index (χ2v) is 6.75. The zero-order chi connectivity index (χ0) is 14.3. The molecule has 112 valence electrons. The van der Waals surface area contributed by atoms with Gasteiger partial charge >= 0.3 is 0 Å². The van der Waals surface area contributed by atoms with E-state index in [9.17, 15) is 4.79 Å². The van der Waals surface area contributed by atoms with E-state index in [2.05, 4.69) is 22.5 Å². The van der Waals surface area contributed by atoms with Gasteiger partial charge in [0.05, 0.1) is 6.54 Å². The number of piperidine rings is 1. The van der Waals surface area contributed by atoms with Gasteiger partial charge in [-0.3, -0.25) is 9.69 Å². The molecule has 2 N–H and O–H groups in total. The molecule has 0 bridgehead atoms. The number of hydrogen-bond donors (Lipinski definition) is 2. The maximum Gasteiger partial charge on any atom is 0.234 e. The lowest BCUT2D eigenvalue weighted by molar-refractivity contribution is -0.124. The molecule has 1 saturated heterocycles. The molecule has 0 aromatic heterocycles. The van der Waals surface area contributed by atoms with Crippen LogP contribution in [-0.4, -0.2) is 49.1 Å². The quantitative estimate of drug-likeness (QED) is 0.720. The summed E-state index contributed by atoms with van der Waals surface area (Å²) in [5.74, 6) is 0.845. The van der Waals surface area contributed by atoms with E-state index in [-0.39, 0.29) is 11.4 Å². The molecular weight excluding hydrogens is 238 g/mol. The van der Waals surface area contributed by atoms with E-state index in [0.717, 1.165) is 26.2 Å². The Balaban J connectivity index is 2.28. The molecule has 1 atom stereocenters. The van der Waals surface area contributed by atoms with Crippen molar-refractivity contribution < 1.29 is 4.79 Å². The summed E-state index contributed by atoms with van der Waals surface area (Å²) in [6.45, 7) is 13.1. The van der Waals surface area contributed by atoms with Crippen LogP contribution in [0, 0.1) is 5.92 Å². The van der Waals surface area contributed by atoms with Crippen LogP contribution in [0.5, 0.6) is 0 Å². The first kappa shape index (κ1) is 16.4. The number of rotatable bonds is 6. The van der Waals surface area contributed by atoms with Crippen molar-refractivity contribution in [2.24, 2.45) is 5.92 Å². The molecule has 4 heteroatoms. The fourth-order valence-corrected chi connectivity index (χ4v) is 2.61. The van der Waals surface area contributed by atoms with Crippen molar-refractivity contribution in [2.75, 3.05) is 32.7 Å². The summed E-state index contributed by atoms with van der Waals surface area (Å²) in [5.41, 5.74) is -0.130. The number of hydrogen-bond acceptors (Lipinski definition) is 3. The molecule has 1 heterocycles. The molecule has 0 saturated carbocycles. The molecule has 0 aromatic rings. The Morgan fingerprint density at radius 1 is 1.37 bits per heavy atom. The van der Waals surface area contributed by atoms with Crippen LogP contribution in [0.15, 0.2) is 0 Å². The summed E-state index contributed by atoms with van der Waals surface area (Å²) >= 11 is 0. The van der Waals surface area contributed by atoms with Crippen molar-refractivity contribution in [3.8, 4) is 0 Å². The summed E-state index contributed by atoms with van der Waals surface area (Å²) < 4.78 is 0. The lowest BCUT2D eigenvalue weighted by Crippen LogP contribution is -2.48. The van der Waals surface area contributed by atoms with Crippen molar-refractivity contribution in [1.29, 1.82) is 0 Å². The van der Waals surface area contributed by atoms with Gasteiger partial charge in [-0.2, -0.15) is 0 Å². The van der Waals surface area contributed by atoms with E-state index in [1.807, 2.05) is 20.8 Å². The molecule has 0 radical (unpaired) electrons. The van der Waals surface area contributed by atoms with Gasteiger partial charge in [-0.1, -0.05) is 6.92 Å². The van der Waals surface area contributed by atoms with Crippen molar-refractivity contribution in [1.82, 2.24) is 15.5 Å². The molecule has 4 nitrogen and oxygen atoms in total. The highest BCUT2D eigenvalue weighted by atomic mass is 16.2. The Kier molecular flexibility index (Phi) is 6.80. The molecule has 1 aliphatic heterocycles. The first-order valence-corrected chi connectivity index (χ1v) is 7.65. The van der Waals surface area contributed by atoms with Gasteiger partial charge in [0.1, 0.15) is 0 Å². The molecule has 1 fully saturated rings. The molecular formula is C15H31N3O. The highest BCUT2D eigenvalue weighted by Gasteiger charge is 2.22. The van der Waals surface area contributed by atoms with Crippen molar-refractivity contribution in [2.45, 2.75) is 52.5 Å². The monoisotopic (exact) mass is 269 g/mol. The van der Waals surface area contributed by atoms with Gasteiger partial charge in [0.25, 0.3) is 0 Å². The Hall–Kier alpha value is -0.610. The van der Waals surface area contributed by atoms with Gasteiger partial charge in [-0.15, -0.1) is 0 Å². The molecule has 0 spiro atoms. The van der Waals surface area contributed by atoms with Crippen LogP contribution in [0.25, 0.3) is 0 Å². The van der Waals surface area contributed by atoms with Crippen LogP contribution < -0.4 is 10.6 Å². The first-order valence-electron chi connectivity index (χ1n) is 7.65. The van der Waals surface area contributed by atoms with E-state index in [1.54, 1.807) is 0 Å². The third kappa shape index (κ3) is 7.53. The second kappa shape index (κ2) is 7.85. The lowest BCUT2D eigenvalue weighted by Gasteiger charge is -2.33. The van der Waals surface area contributed by atoms with Gasteiger partial charge in [0.2, 0.25) is 5.91 Å².